The van der Waals surface area contributed by atoms with E-state index < -0.39 is 5.97 Å². The van der Waals surface area contributed by atoms with Gasteiger partial charge in [-0.15, -0.1) is 0 Å². The number of carboxylic acid groups (broad SMARTS) is 1. The lowest BCUT2D eigenvalue weighted by atomic mass is 10.3. The molecule has 0 saturated carbocycles. The van der Waals surface area contributed by atoms with Gasteiger partial charge in [0.15, 0.2) is 0 Å². The van der Waals surface area contributed by atoms with Crippen LogP contribution in [0.3, 0.4) is 0 Å². The van der Waals surface area contributed by atoms with Gasteiger partial charge in [0, 0.05) is 18.5 Å². The second-order valence-corrected chi connectivity index (χ2v) is 3.14. The number of ether oxygens (including phenoxy) is 1. The minimum Gasteiger partial charge on any atom is -0.478 e. The van der Waals surface area contributed by atoms with Crippen LogP contribution in [-0.2, 0) is 4.79 Å². The van der Waals surface area contributed by atoms with Crippen LogP contribution in [0.1, 0.15) is 0 Å². The van der Waals surface area contributed by atoms with Crippen molar-refractivity contribution in [1.82, 2.24) is 0 Å². The normalized spacial score (nSPS) is 11.9. The number of aliphatic carboxylic acids is 1. The highest BCUT2D eigenvalue weighted by atomic mass is 16.5. The van der Waals surface area contributed by atoms with Crippen LogP contribution >= 0.6 is 0 Å². The molecule has 1 aromatic carbocycles. The molecule has 0 spiro atoms. The monoisotopic (exact) mass is 243 g/mol. The fraction of sp³-hybridized carbons (Fsp3) is 0. The standard InChI is InChI=1S/C14H13NO3/c1-2-15-11-10-13(8-9-14(16)17)18-12-6-4-3-5-7-12/h2-11H,1H2,(H,16,17)/b9-8+,13-10+,15-11+. The number of hydrogen-bond acceptors (Lipinski definition) is 3. The van der Waals surface area contributed by atoms with Crippen molar-refractivity contribution >= 4 is 12.2 Å². The summed E-state index contributed by atoms with van der Waals surface area (Å²) in [5.74, 6) is -0.0572. The minimum absolute atomic E-state index is 0.370. The van der Waals surface area contributed by atoms with Crippen molar-refractivity contribution < 1.29 is 14.6 Å². The van der Waals surface area contributed by atoms with E-state index in [-0.39, 0.29) is 0 Å². The summed E-state index contributed by atoms with van der Waals surface area (Å²) in [6, 6.07) is 9.06. The summed E-state index contributed by atoms with van der Waals surface area (Å²) in [4.78, 5) is 14.2. The second kappa shape index (κ2) is 7.62. The number of benzene rings is 1. The van der Waals surface area contributed by atoms with Crippen molar-refractivity contribution in [2.75, 3.05) is 0 Å². The smallest absolute Gasteiger partial charge is 0.328 e. The van der Waals surface area contributed by atoms with Crippen LogP contribution in [0.5, 0.6) is 5.75 Å². The van der Waals surface area contributed by atoms with E-state index in [9.17, 15) is 4.79 Å². The number of para-hydroxylation sites is 1. The molecule has 1 aromatic rings. The molecule has 0 aliphatic heterocycles. The van der Waals surface area contributed by atoms with Gasteiger partial charge in [0.25, 0.3) is 0 Å². The summed E-state index contributed by atoms with van der Waals surface area (Å²) in [5.41, 5.74) is 0. The summed E-state index contributed by atoms with van der Waals surface area (Å²) in [6.07, 6.45) is 6.74. The Morgan fingerprint density at radius 2 is 2.00 bits per heavy atom. The van der Waals surface area contributed by atoms with Crippen molar-refractivity contribution in [3.63, 3.8) is 0 Å². The molecule has 92 valence electrons. The molecule has 0 unspecified atom stereocenters. The van der Waals surface area contributed by atoms with Crippen molar-refractivity contribution in [2.24, 2.45) is 4.99 Å². The second-order valence-electron chi connectivity index (χ2n) is 3.14. The number of allylic oxidation sites excluding steroid dienone is 2. The van der Waals surface area contributed by atoms with Gasteiger partial charge in [0.2, 0.25) is 0 Å². The van der Waals surface area contributed by atoms with Crippen molar-refractivity contribution in [1.29, 1.82) is 0 Å². The molecule has 4 nitrogen and oxygen atoms in total. The third kappa shape index (κ3) is 5.46. The average molecular weight is 243 g/mol. The Kier molecular flexibility index (Phi) is 5.69. The molecule has 0 fully saturated rings. The molecule has 1 rings (SSSR count). The minimum atomic E-state index is -1.04. The highest BCUT2D eigenvalue weighted by Gasteiger charge is 1.96. The Labute approximate surface area is 105 Å². The van der Waals surface area contributed by atoms with Gasteiger partial charge in [0.1, 0.15) is 11.5 Å². The summed E-state index contributed by atoms with van der Waals surface area (Å²) in [6.45, 7) is 3.44. The summed E-state index contributed by atoms with van der Waals surface area (Å²) in [5, 5.41) is 8.58. The van der Waals surface area contributed by atoms with E-state index in [0.29, 0.717) is 11.5 Å². The first-order valence-corrected chi connectivity index (χ1v) is 5.20. The molecule has 0 aromatic heterocycles. The van der Waals surface area contributed by atoms with Gasteiger partial charge in [-0.25, -0.2) is 4.79 Å². The predicted octanol–water partition coefficient (Wildman–Crippen LogP) is 2.80. The molecule has 0 aliphatic carbocycles. The third-order valence-corrected chi connectivity index (χ3v) is 1.80. The van der Waals surface area contributed by atoms with Crippen LogP contribution in [0, 0.1) is 0 Å². The van der Waals surface area contributed by atoms with Crippen LogP contribution in [0.4, 0.5) is 0 Å². The predicted molar refractivity (Wildman–Crippen MR) is 70.6 cm³/mol. The van der Waals surface area contributed by atoms with Crippen molar-refractivity contribution in [3.05, 3.63) is 67.1 Å². The topological polar surface area (TPSA) is 58.9 Å². The maximum Gasteiger partial charge on any atom is 0.328 e. The van der Waals surface area contributed by atoms with Crippen LogP contribution in [0.2, 0.25) is 0 Å². The van der Waals surface area contributed by atoms with Gasteiger partial charge in [-0.1, -0.05) is 24.8 Å². The fourth-order valence-electron chi connectivity index (χ4n) is 1.08. The third-order valence-electron chi connectivity index (χ3n) is 1.80. The summed E-state index contributed by atoms with van der Waals surface area (Å²) in [7, 11) is 0. The number of carbonyl (C=O) groups is 1. The molecule has 0 aliphatic rings. The zero-order valence-electron chi connectivity index (χ0n) is 9.69. The maximum atomic E-state index is 10.5. The lowest BCUT2D eigenvalue weighted by molar-refractivity contribution is -0.131. The lowest BCUT2D eigenvalue weighted by Gasteiger charge is -2.04. The van der Waals surface area contributed by atoms with Gasteiger partial charge >= 0.3 is 5.97 Å². The largest absolute Gasteiger partial charge is 0.478 e. The highest BCUT2D eigenvalue weighted by Crippen LogP contribution is 2.13. The van der Waals surface area contributed by atoms with Gasteiger partial charge in [-0.2, -0.15) is 0 Å². The molecular formula is C14H13NO3. The number of carboxylic acids is 1. The molecule has 0 amide bonds. The maximum absolute atomic E-state index is 10.5. The zero-order chi connectivity index (χ0) is 13.2. The zero-order valence-corrected chi connectivity index (χ0v) is 9.69. The van der Waals surface area contributed by atoms with Gasteiger partial charge < -0.3 is 9.84 Å². The molecule has 0 saturated heterocycles. The first kappa shape index (κ1) is 13.4. The molecule has 0 radical (unpaired) electrons. The van der Waals surface area contributed by atoms with E-state index >= 15 is 0 Å². The Balaban J connectivity index is 2.84. The quantitative estimate of drug-likeness (QED) is 0.362. The summed E-state index contributed by atoms with van der Waals surface area (Å²) < 4.78 is 5.50. The van der Waals surface area contributed by atoms with Crippen molar-refractivity contribution in [3.8, 4) is 5.75 Å². The fourth-order valence-corrected chi connectivity index (χ4v) is 1.08. The Hall–Kier alpha value is -2.62. The van der Waals surface area contributed by atoms with Gasteiger partial charge in [0.05, 0.1) is 0 Å². The van der Waals surface area contributed by atoms with Crippen LogP contribution in [0.15, 0.2) is 72.1 Å². The van der Waals surface area contributed by atoms with E-state index in [1.165, 1.54) is 18.5 Å². The number of hydrogen-bond donors (Lipinski definition) is 1. The van der Waals surface area contributed by atoms with E-state index in [1.807, 2.05) is 18.2 Å². The van der Waals surface area contributed by atoms with E-state index in [2.05, 4.69) is 11.6 Å². The van der Waals surface area contributed by atoms with Gasteiger partial charge in [-0.3, -0.25) is 4.99 Å². The summed E-state index contributed by atoms with van der Waals surface area (Å²) >= 11 is 0. The number of aliphatic imine (C=N–C) groups is 1. The number of nitrogens with zero attached hydrogens (tertiary/aromatic N) is 1. The SMILES string of the molecule is C=C/N=C/C=C(\C=C\C(=O)O)Oc1ccccc1. The first-order chi connectivity index (χ1) is 8.72. The Morgan fingerprint density at radius 1 is 1.28 bits per heavy atom. The van der Waals surface area contributed by atoms with E-state index in [0.717, 1.165) is 6.08 Å². The average Bonchev–Trinajstić information content (AvgIpc) is 2.37. The Morgan fingerprint density at radius 3 is 2.61 bits per heavy atom. The lowest BCUT2D eigenvalue weighted by Crippen LogP contribution is -1.95. The Bertz CT molecular complexity index is 487. The molecule has 1 N–H and O–H groups in total. The van der Waals surface area contributed by atoms with Crippen LogP contribution in [-0.4, -0.2) is 17.3 Å². The number of rotatable bonds is 6. The molecule has 18 heavy (non-hydrogen) atoms. The first-order valence-electron chi connectivity index (χ1n) is 5.20. The van der Waals surface area contributed by atoms with Gasteiger partial charge in [-0.05, 0) is 24.3 Å². The molecule has 4 heteroatoms. The van der Waals surface area contributed by atoms with E-state index in [4.69, 9.17) is 9.84 Å². The molecule has 0 heterocycles. The molecule has 0 atom stereocenters. The molecular weight excluding hydrogens is 230 g/mol. The molecule has 0 bridgehead atoms. The van der Waals surface area contributed by atoms with Crippen LogP contribution < -0.4 is 4.74 Å². The van der Waals surface area contributed by atoms with E-state index in [1.54, 1.807) is 18.2 Å². The van der Waals surface area contributed by atoms with Crippen molar-refractivity contribution in [2.45, 2.75) is 0 Å². The highest BCUT2D eigenvalue weighted by molar-refractivity contribution is 5.81. The van der Waals surface area contributed by atoms with Crippen LogP contribution in [0.25, 0.3) is 0 Å².